The first-order valence-corrected chi connectivity index (χ1v) is 6.00. The number of anilines is 2. The first-order valence-electron chi connectivity index (χ1n) is 6.00. The average molecular weight is 292 g/mol. The molecule has 1 aromatic carbocycles. The van der Waals surface area contributed by atoms with Crippen molar-refractivity contribution in [3.63, 3.8) is 0 Å². The lowest BCUT2D eigenvalue weighted by atomic mass is 10.3. The summed E-state index contributed by atoms with van der Waals surface area (Å²) in [5.41, 5.74) is 4.31. The monoisotopic (exact) mass is 292 g/mol. The summed E-state index contributed by atoms with van der Waals surface area (Å²) in [5.74, 6) is -1.03. The van der Waals surface area contributed by atoms with Crippen molar-refractivity contribution < 1.29 is 9.18 Å². The summed E-state index contributed by atoms with van der Waals surface area (Å²) in [5, 5.41) is 2.46. The maximum Gasteiger partial charge on any atom is 0.331 e. The van der Waals surface area contributed by atoms with Crippen LogP contribution in [0.5, 0.6) is 0 Å². The van der Waals surface area contributed by atoms with Gasteiger partial charge in [-0.05, 0) is 24.3 Å². The number of aryl methyl sites for hydroxylation is 1. The molecule has 0 aliphatic carbocycles. The zero-order valence-corrected chi connectivity index (χ0v) is 11.2. The highest BCUT2D eigenvalue weighted by molar-refractivity contribution is 5.90. The van der Waals surface area contributed by atoms with E-state index in [0.717, 1.165) is 9.13 Å². The molecule has 0 aliphatic rings. The molecule has 0 atom stereocenters. The number of rotatable bonds is 3. The third kappa shape index (κ3) is 3.16. The molecular formula is C13H13FN4O3. The number of aromatic nitrogens is 2. The molecule has 3 N–H and O–H groups in total. The third-order valence-electron chi connectivity index (χ3n) is 2.79. The molecule has 0 saturated carbocycles. The highest BCUT2D eigenvalue weighted by Gasteiger charge is 2.11. The minimum absolute atomic E-state index is 0.133. The Labute approximate surface area is 118 Å². The van der Waals surface area contributed by atoms with Gasteiger partial charge < -0.3 is 15.6 Å². The molecule has 1 amide bonds. The molecular weight excluding hydrogens is 279 g/mol. The largest absolute Gasteiger partial charge is 0.393 e. The fraction of sp³-hybridized carbons (Fsp3) is 0.154. The SMILES string of the molecule is Cn1cc(N)c(=O)n(CC(=O)Nc2ccc(F)cc2)c1=O. The van der Waals surface area contributed by atoms with Crippen molar-refractivity contribution in [3.05, 3.63) is 57.1 Å². The minimum atomic E-state index is -0.729. The van der Waals surface area contributed by atoms with Crippen LogP contribution in [-0.4, -0.2) is 15.0 Å². The number of nitrogens with one attached hydrogen (secondary N) is 1. The molecule has 1 heterocycles. The van der Waals surface area contributed by atoms with Gasteiger partial charge in [0.2, 0.25) is 5.91 Å². The van der Waals surface area contributed by atoms with E-state index >= 15 is 0 Å². The molecule has 21 heavy (non-hydrogen) atoms. The lowest BCUT2D eigenvalue weighted by molar-refractivity contribution is -0.116. The Bertz CT molecular complexity index is 758. The van der Waals surface area contributed by atoms with Gasteiger partial charge in [0, 0.05) is 18.9 Å². The van der Waals surface area contributed by atoms with Crippen molar-refractivity contribution in [2.75, 3.05) is 11.1 Å². The van der Waals surface area contributed by atoms with Crippen LogP contribution in [0, 0.1) is 5.82 Å². The molecule has 0 aliphatic heterocycles. The quantitative estimate of drug-likeness (QED) is 0.825. The van der Waals surface area contributed by atoms with E-state index in [0.29, 0.717) is 5.69 Å². The van der Waals surface area contributed by atoms with E-state index in [-0.39, 0.29) is 5.69 Å². The van der Waals surface area contributed by atoms with E-state index in [9.17, 15) is 18.8 Å². The zero-order chi connectivity index (χ0) is 15.6. The highest BCUT2D eigenvalue weighted by Crippen LogP contribution is 2.07. The number of nitrogen functional groups attached to an aromatic ring is 1. The van der Waals surface area contributed by atoms with Crippen LogP contribution in [0.15, 0.2) is 40.1 Å². The van der Waals surface area contributed by atoms with Crippen LogP contribution in [0.3, 0.4) is 0 Å². The normalized spacial score (nSPS) is 10.4. The Morgan fingerprint density at radius 1 is 1.29 bits per heavy atom. The van der Waals surface area contributed by atoms with Crippen molar-refractivity contribution in [1.29, 1.82) is 0 Å². The fourth-order valence-corrected chi connectivity index (χ4v) is 1.77. The van der Waals surface area contributed by atoms with Crippen LogP contribution in [0.4, 0.5) is 15.8 Å². The molecule has 0 spiro atoms. The molecule has 2 aromatic rings. The summed E-state index contributed by atoms with van der Waals surface area (Å²) in [6.07, 6.45) is 1.19. The number of hydrogen-bond donors (Lipinski definition) is 2. The number of hydrogen-bond acceptors (Lipinski definition) is 4. The summed E-state index contributed by atoms with van der Waals surface area (Å²) >= 11 is 0. The van der Waals surface area contributed by atoms with Gasteiger partial charge in [0.05, 0.1) is 0 Å². The van der Waals surface area contributed by atoms with Crippen LogP contribution >= 0.6 is 0 Å². The molecule has 0 radical (unpaired) electrons. The van der Waals surface area contributed by atoms with Gasteiger partial charge in [0.15, 0.2) is 0 Å². The molecule has 1 aromatic heterocycles. The summed E-state index contributed by atoms with van der Waals surface area (Å²) in [6, 6.07) is 5.10. The average Bonchev–Trinajstić information content (AvgIpc) is 2.44. The van der Waals surface area contributed by atoms with E-state index in [4.69, 9.17) is 5.73 Å². The van der Waals surface area contributed by atoms with Gasteiger partial charge in [-0.15, -0.1) is 0 Å². The predicted molar refractivity (Wildman–Crippen MR) is 75.4 cm³/mol. The second kappa shape index (κ2) is 5.61. The molecule has 7 nitrogen and oxygen atoms in total. The first kappa shape index (κ1) is 14.5. The van der Waals surface area contributed by atoms with E-state index in [1.165, 1.54) is 37.5 Å². The van der Waals surface area contributed by atoms with Crippen LogP contribution < -0.4 is 22.3 Å². The van der Waals surface area contributed by atoms with E-state index < -0.39 is 29.5 Å². The van der Waals surface area contributed by atoms with Crippen LogP contribution in [-0.2, 0) is 18.4 Å². The Balaban J connectivity index is 2.23. The number of nitrogens with zero attached hydrogens (tertiary/aromatic N) is 2. The van der Waals surface area contributed by atoms with Crippen LogP contribution in [0.2, 0.25) is 0 Å². The summed E-state index contributed by atoms with van der Waals surface area (Å²) in [4.78, 5) is 35.4. The van der Waals surface area contributed by atoms with Crippen molar-refractivity contribution >= 4 is 17.3 Å². The number of benzene rings is 1. The van der Waals surface area contributed by atoms with Crippen LogP contribution in [0.1, 0.15) is 0 Å². The topological polar surface area (TPSA) is 99.1 Å². The maximum absolute atomic E-state index is 12.7. The van der Waals surface area contributed by atoms with Crippen LogP contribution in [0.25, 0.3) is 0 Å². The van der Waals surface area contributed by atoms with E-state index in [1.807, 2.05) is 0 Å². The Kier molecular flexibility index (Phi) is 3.88. The lowest BCUT2D eigenvalue weighted by Gasteiger charge is -2.09. The second-order valence-corrected chi connectivity index (χ2v) is 4.42. The van der Waals surface area contributed by atoms with Gasteiger partial charge in [-0.1, -0.05) is 0 Å². The summed E-state index contributed by atoms with van der Waals surface area (Å²) in [7, 11) is 1.42. The Morgan fingerprint density at radius 3 is 2.52 bits per heavy atom. The third-order valence-corrected chi connectivity index (χ3v) is 2.79. The van der Waals surface area contributed by atoms with Gasteiger partial charge in [0.25, 0.3) is 5.56 Å². The summed E-state index contributed by atoms with van der Waals surface area (Å²) < 4.78 is 14.6. The molecule has 110 valence electrons. The first-order chi connectivity index (χ1) is 9.88. The Hall–Kier alpha value is -2.90. The highest BCUT2D eigenvalue weighted by atomic mass is 19.1. The number of carbonyl (C=O) groups excluding carboxylic acids is 1. The van der Waals surface area contributed by atoms with Gasteiger partial charge in [-0.3, -0.25) is 9.59 Å². The van der Waals surface area contributed by atoms with Crippen molar-refractivity contribution in [3.8, 4) is 0 Å². The molecule has 8 heteroatoms. The van der Waals surface area contributed by atoms with E-state index in [1.54, 1.807) is 0 Å². The number of nitrogens with two attached hydrogens (primary N) is 1. The van der Waals surface area contributed by atoms with Crippen molar-refractivity contribution in [2.45, 2.75) is 6.54 Å². The minimum Gasteiger partial charge on any atom is -0.393 e. The molecule has 0 unspecified atom stereocenters. The number of amides is 1. The predicted octanol–water partition coefficient (Wildman–Crippen LogP) is -0.0930. The van der Waals surface area contributed by atoms with Crippen molar-refractivity contribution in [2.24, 2.45) is 7.05 Å². The van der Waals surface area contributed by atoms with Gasteiger partial charge in [-0.2, -0.15) is 0 Å². The maximum atomic E-state index is 12.7. The smallest absolute Gasteiger partial charge is 0.331 e. The second-order valence-electron chi connectivity index (χ2n) is 4.42. The Morgan fingerprint density at radius 2 is 1.90 bits per heavy atom. The summed E-state index contributed by atoms with van der Waals surface area (Å²) in [6.45, 7) is -0.478. The molecule has 0 fully saturated rings. The zero-order valence-electron chi connectivity index (χ0n) is 11.2. The molecule has 2 rings (SSSR count). The lowest BCUT2D eigenvalue weighted by Crippen LogP contribution is -2.42. The standard InChI is InChI=1S/C13H13FN4O3/c1-17-6-10(15)12(20)18(13(17)21)7-11(19)16-9-4-2-8(14)3-5-9/h2-6H,7,15H2,1H3,(H,16,19). The van der Waals surface area contributed by atoms with E-state index in [2.05, 4.69) is 5.32 Å². The molecule has 0 saturated heterocycles. The van der Waals surface area contributed by atoms with Crippen molar-refractivity contribution in [1.82, 2.24) is 9.13 Å². The van der Waals surface area contributed by atoms with Gasteiger partial charge in [-0.25, -0.2) is 13.8 Å². The number of carbonyl (C=O) groups is 1. The van der Waals surface area contributed by atoms with Gasteiger partial charge >= 0.3 is 5.69 Å². The fourth-order valence-electron chi connectivity index (χ4n) is 1.77. The van der Waals surface area contributed by atoms with Gasteiger partial charge in [0.1, 0.15) is 18.0 Å². The molecule has 0 bridgehead atoms. The number of halogens is 1.